The maximum absolute atomic E-state index is 12.6. The van der Waals surface area contributed by atoms with Gasteiger partial charge in [-0.25, -0.2) is 14.8 Å². The van der Waals surface area contributed by atoms with Crippen molar-refractivity contribution >= 4 is 39.9 Å². The van der Waals surface area contributed by atoms with Gasteiger partial charge in [-0.05, 0) is 12.1 Å². The molecule has 0 amide bonds. The van der Waals surface area contributed by atoms with E-state index in [9.17, 15) is 18.0 Å². The van der Waals surface area contributed by atoms with Gasteiger partial charge in [0.1, 0.15) is 15.8 Å². The van der Waals surface area contributed by atoms with Gasteiger partial charge in [0, 0.05) is 0 Å². The Balaban J connectivity index is 2.37. The Labute approximate surface area is 119 Å². The van der Waals surface area contributed by atoms with E-state index in [-0.39, 0.29) is 16.1 Å². The fourth-order valence-corrected chi connectivity index (χ4v) is 2.29. The molecule has 20 heavy (non-hydrogen) atoms. The van der Waals surface area contributed by atoms with E-state index in [4.69, 9.17) is 16.7 Å². The van der Waals surface area contributed by atoms with Crippen LogP contribution in [0.3, 0.4) is 0 Å². The maximum Gasteiger partial charge on any atom is 0.435 e. The average Bonchev–Trinajstić information content (AvgIpc) is 2.73. The monoisotopic (exact) mass is 323 g/mol. The summed E-state index contributed by atoms with van der Waals surface area (Å²) in [6.07, 6.45) is -4.84. The molecule has 5 nitrogen and oxygen atoms in total. The van der Waals surface area contributed by atoms with Crippen molar-refractivity contribution in [1.82, 2.24) is 9.97 Å². The lowest BCUT2D eigenvalue weighted by molar-refractivity contribution is -0.141. The van der Waals surface area contributed by atoms with Crippen LogP contribution in [0.2, 0.25) is 5.15 Å². The van der Waals surface area contributed by atoms with Crippen LogP contribution < -0.4 is 5.32 Å². The van der Waals surface area contributed by atoms with Crippen molar-refractivity contribution in [3.63, 3.8) is 0 Å². The smallest absolute Gasteiger partial charge is 0.435 e. The molecule has 2 aromatic heterocycles. The topological polar surface area (TPSA) is 75.1 Å². The normalized spacial score (nSPS) is 11.4. The summed E-state index contributed by atoms with van der Waals surface area (Å²) in [5.74, 6) is -1.53. The Kier molecular flexibility index (Phi) is 3.82. The van der Waals surface area contributed by atoms with Gasteiger partial charge in [0.15, 0.2) is 10.8 Å². The molecular formula is C10H5ClF3N3O2S. The van der Waals surface area contributed by atoms with E-state index in [1.54, 1.807) is 0 Å². The zero-order valence-electron chi connectivity index (χ0n) is 9.40. The van der Waals surface area contributed by atoms with Crippen LogP contribution in [-0.2, 0) is 6.18 Å². The number of pyridine rings is 1. The van der Waals surface area contributed by atoms with Crippen molar-refractivity contribution < 1.29 is 23.1 Å². The highest BCUT2D eigenvalue weighted by Crippen LogP contribution is 2.36. The van der Waals surface area contributed by atoms with Crippen LogP contribution in [0, 0.1) is 0 Å². The molecule has 0 unspecified atom stereocenters. The zero-order valence-corrected chi connectivity index (χ0v) is 11.0. The number of aromatic nitrogens is 2. The molecule has 10 heteroatoms. The fourth-order valence-electron chi connectivity index (χ4n) is 1.30. The summed E-state index contributed by atoms with van der Waals surface area (Å²) >= 11 is 6.00. The first kappa shape index (κ1) is 14.5. The molecule has 2 heterocycles. The van der Waals surface area contributed by atoms with Crippen molar-refractivity contribution in [2.45, 2.75) is 6.18 Å². The van der Waals surface area contributed by atoms with Crippen LogP contribution >= 0.6 is 22.9 Å². The number of alkyl halides is 3. The number of carboxylic acid groups (broad SMARTS) is 1. The molecule has 106 valence electrons. The molecule has 0 saturated heterocycles. The maximum atomic E-state index is 12.6. The first-order valence-corrected chi connectivity index (χ1v) is 6.17. The molecule has 2 aromatic rings. The predicted octanol–water partition coefficient (Wildman–Crippen LogP) is 3.65. The van der Waals surface area contributed by atoms with E-state index >= 15 is 0 Å². The third-order valence-electron chi connectivity index (χ3n) is 2.04. The minimum Gasteiger partial charge on any atom is -0.477 e. The Morgan fingerprint density at radius 2 is 2.05 bits per heavy atom. The summed E-state index contributed by atoms with van der Waals surface area (Å²) in [5, 5.41) is 11.1. The Hall–Kier alpha value is -1.87. The lowest BCUT2D eigenvalue weighted by atomic mass is 10.3. The second-order valence-electron chi connectivity index (χ2n) is 3.47. The number of hydrogen-bond donors (Lipinski definition) is 2. The van der Waals surface area contributed by atoms with Crippen LogP contribution in [0.25, 0.3) is 0 Å². The van der Waals surface area contributed by atoms with Gasteiger partial charge >= 0.3 is 12.1 Å². The first-order chi connectivity index (χ1) is 9.27. The molecule has 0 atom stereocenters. The molecule has 0 aliphatic rings. The quantitative estimate of drug-likeness (QED) is 0.843. The second-order valence-corrected chi connectivity index (χ2v) is 4.86. The van der Waals surface area contributed by atoms with Gasteiger partial charge in [0.2, 0.25) is 0 Å². The number of nitrogens with zero attached hydrogens (tertiary/aromatic N) is 2. The van der Waals surface area contributed by atoms with Crippen molar-refractivity contribution in [2.24, 2.45) is 0 Å². The van der Waals surface area contributed by atoms with Gasteiger partial charge in [-0.15, -0.1) is 0 Å². The molecule has 0 spiro atoms. The lowest BCUT2D eigenvalue weighted by Crippen LogP contribution is -2.11. The molecule has 0 aliphatic heterocycles. The number of rotatable bonds is 3. The number of aromatic carboxylic acids is 1. The Morgan fingerprint density at radius 3 is 2.55 bits per heavy atom. The number of nitrogens with one attached hydrogen (secondary N) is 1. The fraction of sp³-hybridized carbons (Fsp3) is 0.100. The average molecular weight is 324 g/mol. The number of halogens is 4. The van der Waals surface area contributed by atoms with E-state index in [1.165, 1.54) is 18.2 Å². The highest BCUT2D eigenvalue weighted by Gasteiger charge is 2.39. The summed E-state index contributed by atoms with van der Waals surface area (Å²) in [4.78, 5) is 17.0. The van der Waals surface area contributed by atoms with Crippen LogP contribution in [0.4, 0.5) is 24.1 Å². The van der Waals surface area contributed by atoms with E-state index in [0.717, 1.165) is 0 Å². The molecule has 0 bridgehead atoms. The molecule has 2 N–H and O–H groups in total. The van der Waals surface area contributed by atoms with Gasteiger partial charge < -0.3 is 10.4 Å². The SMILES string of the molecule is O=C(O)c1sc(Nc2cccc(Cl)n2)nc1C(F)(F)F. The minimum atomic E-state index is -4.84. The summed E-state index contributed by atoms with van der Waals surface area (Å²) in [6.45, 7) is 0. The summed E-state index contributed by atoms with van der Waals surface area (Å²) < 4.78 is 37.9. The highest BCUT2D eigenvalue weighted by atomic mass is 35.5. The number of thiazole rings is 1. The van der Waals surface area contributed by atoms with Crippen molar-refractivity contribution in [2.75, 3.05) is 5.32 Å². The Bertz CT molecular complexity index is 659. The predicted molar refractivity (Wildman–Crippen MR) is 66.6 cm³/mol. The van der Waals surface area contributed by atoms with Crippen LogP contribution in [0.1, 0.15) is 15.4 Å². The molecule has 0 fully saturated rings. The first-order valence-electron chi connectivity index (χ1n) is 4.98. The lowest BCUT2D eigenvalue weighted by Gasteiger charge is -2.03. The zero-order chi connectivity index (χ0) is 14.9. The van der Waals surface area contributed by atoms with E-state index < -0.39 is 22.7 Å². The van der Waals surface area contributed by atoms with Crippen LogP contribution in [0.15, 0.2) is 18.2 Å². The molecule has 0 aromatic carbocycles. The highest BCUT2D eigenvalue weighted by molar-refractivity contribution is 7.17. The molecule has 2 rings (SSSR count). The van der Waals surface area contributed by atoms with Gasteiger partial charge in [-0.3, -0.25) is 0 Å². The summed E-state index contributed by atoms with van der Waals surface area (Å²) in [5.41, 5.74) is -1.44. The largest absolute Gasteiger partial charge is 0.477 e. The number of carboxylic acids is 1. The van der Waals surface area contributed by atoms with Gasteiger partial charge in [-0.1, -0.05) is 29.0 Å². The second kappa shape index (κ2) is 5.25. The van der Waals surface area contributed by atoms with Crippen LogP contribution in [0.5, 0.6) is 0 Å². The summed E-state index contributed by atoms with van der Waals surface area (Å²) in [7, 11) is 0. The summed E-state index contributed by atoms with van der Waals surface area (Å²) in [6, 6.07) is 4.48. The van der Waals surface area contributed by atoms with Crippen molar-refractivity contribution in [3.05, 3.63) is 33.9 Å². The third-order valence-corrected chi connectivity index (χ3v) is 3.21. The molecule has 0 radical (unpaired) electrons. The van der Waals surface area contributed by atoms with E-state index in [2.05, 4.69) is 15.3 Å². The number of anilines is 2. The molecular weight excluding hydrogens is 319 g/mol. The van der Waals surface area contributed by atoms with E-state index in [1.807, 2.05) is 0 Å². The number of carbonyl (C=O) groups is 1. The van der Waals surface area contributed by atoms with Crippen molar-refractivity contribution in [1.29, 1.82) is 0 Å². The number of hydrogen-bond acceptors (Lipinski definition) is 5. The van der Waals surface area contributed by atoms with Crippen molar-refractivity contribution in [3.8, 4) is 0 Å². The third kappa shape index (κ3) is 3.17. The van der Waals surface area contributed by atoms with Gasteiger partial charge in [0.05, 0.1) is 0 Å². The molecule has 0 aliphatic carbocycles. The standard InChI is InChI=1S/C10H5ClF3N3O2S/c11-4-2-1-3-5(15-4)16-9-17-7(10(12,13)14)6(20-9)8(18)19/h1-3H,(H,18,19)(H,15,16,17). The van der Waals surface area contributed by atoms with Crippen LogP contribution in [-0.4, -0.2) is 21.0 Å². The van der Waals surface area contributed by atoms with E-state index in [0.29, 0.717) is 11.3 Å². The minimum absolute atomic E-state index is 0.140. The molecule has 0 saturated carbocycles. The van der Waals surface area contributed by atoms with Gasteiger partial charge in [-0.2, -0.15) is 13.2 Å². The Morgan fingerprint density at radius 1 is 1.35 bits per heavy atom. The van der Waals surface area contributed by atoms with Gasteiger partial charge in [0.25, 0.3) is 0 Å².